The van der Waals surface area contributed by atoms with E-state index in [1.807, 2.05) is 0 Å². The number of nitrogens with one attached hydrogen (secondary N) is 1. The van der Waals surface area contributed by atoms with Crippen LogP contribution in [0.3, 0.4) is 0 Å². The molecular weight excluding hydrogens is 156 g/mol. The fraction of sp³-hybridized carbons (Fsp3) is 0.875. The Morgan fingerprint density at radius 2 is 2.17 bits per heavy atom. The minimum absolute atomic E-state index is 0.170. The van der Waals surface area contributed by atoms with Crippen LogP contribution in [0.2, 0.25) is 0 Å². The molecule has 1 aliphatic carbocycles. The summed E-state index contributed by atoms with van der Waals surface area (Å²) in [6.45, 7) is 1.98. The van der Waals surface area contributed by atoms with Gasteiger partial charge in [-0.3, -0.25) is 4.90 Å². The van der Waals surface area contributed by atoms with Crippen molar-refractivity contribution in [1.29, 1.82) is 0 Å². The van der Waals surface area contributed by atoms with E-state index in [0.29, 0.717) is 0 Å². The lowest BCUT2D eigenvalue weighted by molar-refractivity contribution is 0.189. The average Bonchev–Trinajstić information content (AvgIpc) is 2.73. The maximum absolute atomic E-state index is 10.3. The van der Waals surface area contributed by atoms with Gasteiger partial charge in [-0.05, 0) is 19.3 Å². The maximum Gasteiger partial charge on any atom is 0.404 e. The summed E-state index contributed by atoms with van der Waals surface area (Å²) in [6, 6.07) is 0.939. The van der Waals surface area contributed by atoms with Crippen LogP contribution in [-0.4, -0.2) is 41.3 Å². The van der Waals surface area contributed by atoms with Crippen LogP contribution in [0.25, 0.3) is 0 Å². The van der Waals surface area contributed by atoms with Crippen molar-refractivity contribution < 1.29 is 9.90 Å². The summed E-state index contributed by atoms with van der Waals surface area (Å²) in [5.74, 6) is 0. The first-order valence-electron chi connectivity index (χ1n) is 4.49. The van der Waals surface area contributed by atoms with E-state index < -0.39 is 6.09 Å². The van der Waals surface area contributed by atoms with Crippen LogP contribution in [0.1, 0.15) is 19.3 Å². The van der Waals surface area contributed by atoms with Crippen molar-refractivity contribution in [3.8, 4) is 0 Å². The number of carboxylic acid groups (broad SMARTS) is 1. The zero-order valence-corrected chi connectivity index (χ0v) is 6.99. The van der Waals surface area contributed by atoms with Crippen LogP contribution in [-0.2, 0) is 0 Å². The molecule has 0 unspecified atom stereocenters. The van der Waals surface area contributed by atoms with E-state index in [9.17, 15) is 4.79 Å². The van der Waals surface area contributed by atoms with Crippen molar-refractivity contribution in [2.45, 2.75) is 31.3 Å². The Kier molecular flexibility index (Phi) is 1.92. The summed E-state index contributed by atoms with van der Waals surface area (Å²) in [5.41, 5.74) is 0. The van der Waals surface area contributed by atoms with Gasteiger partial charge in [-0.25, -0.2) is 4.79 Å². The summed E-state index contributed by atoms with van der Waals surface area (Å²) >= 11 is 0. The van der Waals surface area contributed by atoms with E-state index in [-0.39, 0.29) is 6.04 Å². The minimum Gasteiger partial charge on any atom is -0.465 e. The van der Waals surface area contributed by atoms with Gasteiger partial charge in [0.25, 0.3) is 0 Å². The predicted octanol–water partition coefficient (Wildman–Crippen LogP) is 0.491. The highest BCUT2D eigenvalue weighted by Gasteiger charge is 2.34. The van der Waals surface area contributed by atoms with E-state index in [0.717, 1.165) is 25.6 Å². The predicted molar refractivity (Wildman–Crippen MR) is 44.2 cm³/mol. The van der Waals surface area contributed by atoms with Crippen molar-refractivity contribution in [1.82, 2.24) is 10.2 Å². The number of carbonyl (C=O) groups is 1. The minimum atomic E-state index is -0.891. The van der Waals surface area contributed by atoms with Gasteiger partial charge < -0.3 is 10.4 Å². The van der Waals surface area contributed by atoms with Gasteiger partial charge in [0.2, 0.25) is 0 Å². The second kappa shape index (κ2) is 2.94. The van der Waals surface area contributed by atoms with Gasteiger partial charge in [0.05, 0.1) is 0 Å². The average molecular weight is 170 g/mol. The van der Waals surface area contributed by atoms with Crippen molar-refractivity contribution >= 4 is 6.09 Å². The number of likely N-dealkylation sites (tertiary alicyclic amines) is 1. The number of amides is 1. The maximum atomic E-state index is 10.3. The third-order valence-electron chi connectivity index (χ3n) is 2.61. The number of rotatable bonds is 2. The molecule has 1 saturated carbocycles. The second-order valence-electron chi connectivity index (χ2n) is 3.66. The zero-order chi connectivity index (χ0) is 8.55. The first-order valence-corrected chi connectivity index (χ1v) is 4.49. The highest BCUT2D eigenvalue weighted by Crippen LogP contribution is 2.29. The van der Waals surface area contributed by atoms with E-state index in [1.54, 1.807) is 0 Å². The van der Waals surface area contributed by atoms with E-state index in [4.69, 9.17) is 5.11 Å². The first kappa shape index (κ1) is 7.86. The molecule has 2 fully saturated rings. The highest BCUT2D eigenvalue weighted by atomic mass is 16.4. The van der Waals surface area contributed by atoms with E-state index >= 15 is 0 Å². The van der Waals surface area contributed by atoms with Crippen LogP contribution < -0.4 is 5.32 Å². The summed E-state index contributed by atoms with van der Waals surface area (Å²) in [4.78, 5) is 12.7. The van der Waals surface area contributed by atoms with Crippen molar-refractivity contribution in [3.05, 3.63) is 0 Å². The van der Waals surface area contributed by atoms with Gasteiger partial charge >= 0.3 is 6.09 Å². The van der Waals surface area contributed by atoms with Crippen LogP contribution in [0.15, 0.2) is 0 Å². The molecular formula is C8H14N2O2. The fourth-order valence-electron chi connectivity index (χ4n) is 1.85. The molecule has 2 N–H and O–H groups in total. The number of nitrogens with zero attached hydrogens (tertiary/aromatic N) is 1. The van der Waals surface area contributed by atoms with Crippen LogP contribution >= 0.6 is 0 Å². The Balaban J connectivity index is 1.77. The van der Waals surface area contributed by atoms with Crippen molar-refractivity contribution in [3.63, 3.8) is 0 Å². The van der Waals surface area contributed by atoms with Crippen molar-refractivity contribution in [2.75, 3.05) is 13.1 Å². The van der Waals surface area contributed by atoms with E-state index in [2.05, 4.69) is 10.2 Å². The molecule has 0 spiro atoms. The molecule has 1 aliphatic heterocycles. The Morgan fingerprint density at radius 3 is 2.75 bits per heavy atom. The fourth-order valence-corrected chi connectivity index (χ4v) is 1.85. The molecule has 2 aliphatic rings. The summed E-state index contributed by atoms with van der Waals surface area (Å²) in [7, 11) is 0. The standard InChI is InChI=1S/C8H14N2O2/c11-8(12)9-6-3-4-10(5-6)7-1-2-7/h6-7,9H,1-5H2,(H,11,12)/t6-/m0/s1. The smallest absolute Gasteiger partial charge is 0.404 e. The molecule has 0 aromatic carbocycles. The lowest BCUT2D eigenvalue weighted by Crippen LogP contribution is -2.36. The van der Waals surface area contributed by atoms with Crippen LogP contribution in [0.4, 0.5) is 4.79 Å². The normalized spacial score (nSPS) is 30.5. The second-order valence-corrected chi connectivity index (χ2v) is 3.66. The molecule has 4 nitrogen and oxygen atoms in total. The van der Waals surface area contributed by atoms with Gasteiger partial charge in [-0.2, -0.15) is 0 Å². The van der Waals surface area contributed by atoms with Crippen LogP contribution in [0, 0.1) is 0 Å². The van der Waals surface area contributed by atoms with Gasteiger partial charge in [-0.1, -0.05) is 0 Å². The first-order chi connectivity index (χ1) is 5.75. The zero-order valence-electron chi connectivity index (χ0n) is 6.99. The third kappa shape index (κ3) is 1.69. The Labute approximate surface area is 71.5 Å². The molecule has 68 valence electrons. The summed E-state index contributed by atoms with van der Waals surface area (Å²) in [5, 5.41) is 11.0. The summed E-state index contributed by atoms with van der Waals surface area (Å²) in [6.07, 6.45) is 2.69. The van der Waals surface area contributed by atoms with E-state index in [1.165, 1.54) is 12.8 Å². The van der Waals surface area contributed by atoms with Gasteiger partial charge in [-0.15, -0.1) is 0 Å². The molecule has 0 aromatic rings. The Bertz CT molecular complexity index is 191. The molecule has 4 heteroatoms. The molecule has 1 amide bonds. The molecule has 1 heterocycles. The highest BCUT2D eigenvalue weighted by molar-refractivity contribution is 5.64. The molecule has 0 aromatic heterocycles. The topological polar surface area (TPSA) is 52.6 Å². The molecule has 1 saturated heterocycles. The largest absolute Gasteiger partial charge is 0.465 e. The monoisotopic (exact) mass is 170 g/mol. The van der Waals surface area contributed by atoms with Gasteiger partial charge in [0.15, 0.2) is 0 Å². The molecule has 0 bridgehead atoms. The lowest BCUT2D eigenvalue weighted by atomic mass is 10.3. The van der Waals surface area contributed by atoms with Gasteiger partial charge in [0, 0.05) is 25.2 Å². The molecule has 2 rings (SSSR count). The SMILES string of the molecule is O=C(O)N[C@H]1CCN(C2CC2)C1. The Hall–Kier alpha value is -0.770. The molecule has 1 atom stereocenters. The summed E-state index contributed by atoms with van der Waals surface area (Å²) < 4.78 is 0. The number of hydrogen-bond donors (Lipinski definition) is 2. The molecule has 0 radical (unpaired) electrons. The van der Waals surface area contributed by atoms with Gasteiger partial charge in [0.1, 0.15) is 0 Å². The lowest BCUT2D eigenvalue weighted by Gasteiger charge is -2.14. The van der Waals surface area contributed by atoms with Crippen LogP contribution in [0.5, 0.6) is 0 Å². The molecule has 12 heavy (non-hydrogen) atoms. The Morgan fingerprint density at radius 1 is 1.42 bits per heavy atom. The quantitative estimate of drug-likeness (QED) is 0.634. The third-order valence-corrected chi connectivity index (χ3v) is 2.61. The van der Waals surface area contributed by atoms with Crippen molar-refractivity contribution in [2.24, 2.45) is 0 Å². The number of hydrogen-bond acceptors (Lipinski definition) is 2.